The second kappa shape index (κ2) is 11.3. The maximum atomic E-state index is 5.85. The van der Waals surface area contributed by atoms with E-state index in [9.17, 15) is 0 Å². The lowest BCUT2D eigenvalue weighted by atomic mass is 10.1. The Morgan fingerprint density at radius 1 is 0.875 bits per heavy atom. The van der Waals surface area contributed by atoms with E-state index in [0.29, 0.717) is 6.61 Å². The minimum absolute atomic E-state index is 0.355. The molecule has 0 saturated carbocycles. The largest absolute Gasteiger partial charge is 0.461 e. The molecule has 2 rings (SSSR count). The SMILES string of the molecule is CCC=CC(OCC=CCCc1ccccc1)Oc1ccccc1. The molecule has 1 unspecified atom stereocenters. The lowest BCUT2D eigenvalue weighted by Gasteiger charge is -2.15. The Morgan fingerprint density at radius 2 is 1.58 bits per heavy atom. The van der Waals surface area contributed by atoms with Gasteiger partial charge in [-0.3, -0.25) is 0 Å². The summed E-state index contributed by atoms with van der Waals surface area (Å²) in [4.78, 5) is 0. The second-order valence-electron chi connectivity index (χ2n) is 5.46. The fourth-order valence-electron chi connectivity index (χ4n) is 2.24. The molecule has 0 amide bonds. The normalized spacial score (nSPS) is 12.7. The van der Waals surface area contributed by atoms with Crippen LogP contribution in [0.2, 0.25) is 0 Å². The van der Waals surface area contributed by atoms with Crippen LogP contribution in [0.3, 0.4) is 0 Å². The summed E-state index contributed by atoms with van der Waals surface area (Å²) in [6.45, 7) is 2.64. The molecule has 2 aromatic carbocycles. The van der Waals surface area contributed by atoms with Crippen molar-refractivity contribution in [2.24, 2.45) is 0 Å². The molecule has 2 nitrogen and oxygen atoms in total. The maximum Gasteiger partial charge on any atom is 0.219 e. The highest BCUT2D eigenvalue weighted by molar-refractivity contribution is 5.21. The van der Waals surface area contributed by atoms with Gasteiger partial charge in [0.05, 0.1) is 6.61 Å². The molecule has 0 aromatic heterocycles. The number of allylic oxidation sites excluding steroid dienone is 2. The number of hydrogen-bond donors (Lipinski definition) is 0. The van der Waals surface area contributed by atoms with Crippen LogP contribution in [0, 0.1) is 0 Å². The van der Waals surface area contributed by atoms with E-state index >= 15 is 0 Å². The predicted molar refractivity (Wildman–Crippen MR) is 100 cm³/mol. The molecule has 2 heteroatoms. The standard InChI is InChI=1S/C22H26O2/c1-2-3-18-22(24-21-16-10-5-11-17-21)23-19-12-6-9-15-20-13-7-4-8-14-20/h3-8,10-14,16-18,22H,2,9,15,19H2,1H3. The highest BCUT2D eigenvalue weighted by Crippen LogP contribution is 2.12. The molecule has 0 heterocycles. The van der Waals surface area contributed by atoms with Gasteiger partial charge in [0.15, 0.2) is 0 Å². The topological polar surface area (TPSA) is 18.5 Å². The van der Waals surface area contributed by atoms with Gasteiger partial charge in [-0.1, -0.05) is 73.7 Å². The lowest BCUT2D eigenvalue weighted by Crippen LogP contribution is -2.18. The zero-order chi connectivity index (χ0) is 16.9. The molecule has 2 aromatic rings. The number of hydrogen-bond acceptors (Lipinski definition) is 2. The van der Waals surface area contributed by atoms with Gasteiger partial charge in [0, 0.05) is 0 Å². The second-order valence-corrected chi connectivity index (χ2v) is 5.46. The quantitative estimate of drug-likeness (QED) is 0.421. The van der Waals surface area contributed by atoms with Crippen molar-refractivity contribution in [2.75, 3.05) is 6.61 Å². The van der Waals surface area contributed by atoms with Gasteiger partial charge in [0.2, 0.25) is 6.29 Å². The van der Waals surface area contributed by atoms with Crippen LogP contribution in [0.25, 0.3) is 0 Å². The molecule has 0 fully saturated rings. The minimum atomic E-state index is -0.355. The first-order valence-corrected chi connectivity index (χ1v) is 8.57. The molecule has 1 atom stereocenters. The van der Waals surface area contributed by atoms with Gasteiger partial charge in [0.25, 0.3) is 0 Å². The van der Waals surface area contributed by atoms with E-state index < -0.39 is 0 Å². The van der Waals surface area contributed by atoms with Crippen LogP contribution in [-0.2, 0) is 11.2 Å². The van der Waals surface area contributed by atoms with E-state index in [1.54, 1.807) is 0 Å². The predicted octanol–water partition coefficient (Wildman–Crippen LogP) is 5.56. The van der Waals surface area contributed by atoms with Crippen molar-refractivity contribution in [3.8, 4) is 5.75 Å². The summed E-state index contributed by atoms with van der Waals surface area (Å²) < 4.78 is 11.7. The first-order chi connectivity index (χ1) is 11.9. The van der Waals surface area contributed by atoms with E-state index in [-0.39, 0.29) is 6.29 Å². The average molecular weight is 322 g/mol. The monoisotopic (exact) mass is 322 g/mol. The minimum Gasteiger partial charge on any atom is -0.461 e. The molecule has 0 bridgehead atoms. The molecule has 24 heavy (non-hydrogen) atoms. The Morgan fingerprint density at radius 3 is 2.29 bits per heavy atom. The lowest BCUT2D eigenvalue weighted by molar-refractivity contribution is -0.0335. The molecule has 0 N–H and O–H groups in total. The van der Waals surface area contributed by atoms with Crippen LogP contribution in [0.15, 0.2) is 85.0 Å². The molecule has 0 saturated heterocycles. The van der Waals surface area contributed by atoms with Crippen LogP contribution < -0.4 is 4.74 Å². The molecule has 0 aliphatic rings. The van der Waals surface area contributed by atoms with Gasteiger partial charge in [-0.25, -0.2) is 0 Å². The summed E-state index contributed by atoms with van der Waals surface area (Å²) in [7, 11) is 0. The zero-order valence-corrected chi connectivity index (χ0v) is 14.3. The Kier molecular flexibility index (Phi) is 8.45. The van der Waals surface area contributed by atoms with E-state index in [4.69, 9.17) is 9.47 Å². The molecular weight excluding hydrogens is 296 g/mol. The fourth-order valence-corrected chi connectivity index (χ4v) is 2.24. The Bertz CT molecular complexity index is 602. The van der Waals surface area contributed by atoms with Crippen molar-refractivity contribution in [1.29, 1.82) is 0 Å². The van der Waals surface area contributed by atoms with Crippen molar-refractivity contribution >= 4 is 0 Å². The summed E-state index contributed by atoms with van der Waals surface area (Å²) in [5, 5.41) is 0. The number of rotatable bonds is 10. The van der Waals surface area contributed by atoms with Crippen molar-refractivity contribution < 1.29 is 9.47 Å². The van der Waals surface area contributed by atoms with Crippen LogP contribution in [0.1, 0.15) is 25.3 Å². The molecule has 0 radical (unpaired) electrons. The smallest absolute Gasteiger partial charge is 0.219 e. The van der Waals surface area contributed by atoms with Gasteiger partial charge in [-0.05, 0) is 43.0 Å². The van der Waals surface area contributed by atoms with E-state index in [1.807, 2.05) is 42.5 Å². The molecule has 126 valence electrons. The maximum absolute atomic E-state index is 5.85. The Balaban J connectivity index is 1.73. The summed E-state index contributed by atoms with van der Waals surface area (Å²) in [6, 6.07) is 20.3. The van der Waals surface area contributed by atoms with Crippen LogP contribution in [0.5, 0.6) is 5.75 Å². The van der Waals surface area contributed by atoms with Crippen molar-refractivity contribution in [1.82, 2.24) is 0 Å². The van der Waals surface area contributed by atoms with Gasteiger partial charge < -0.3 is 9.47 Å². The van der Waals surface area contributed by atoms with Crippen LogP contribution in [0.4, 0.5) is 0 Å². The number of para-hydroxylation sites is 1. The third-order valence-corrected chi connectivity index (χ3v) is 3.49. The Labute approximate surface area is 145 Å². The third kappa shape index (κ3) is 7.30. The first kappa shape index (κ1) is 18.0. The van der Waals surface area contributed by atoms with Crippen molar-refractivity contribution in [3.05, 3.63) is 90.5 Å². The highest BCUT2D eigenvalue weighted by atomic mass is 16.7. The van der Waals surface area contributed by atoms with Crippen molar-refractivity contribution in [2.45, 2.75) is 32.5 Å². The van der Waals surface area contributed by atoms with E-state index in [0.717, 1.165) is 25.0 Å². The molecule has 0 aliphatic carbocycles. The molecular formula is C22H26O2. The molecule has 0 spiro atoms. The summed E-state index contributed by atoms with van der Waals surface area (Å²) >= 11 is 0. The number of benzene rings is 2. The summed E-state index contributed by atoms with van der Waals surface area (Å²) in [6.07, 6.45) is 10.9. The Hall–Kier alpha value is -2.32. The van der Waals surface area contributed by atoms with Gasteiger partial charge in [-0.2, -0.15) is 0 Å². The zero-order valence-electron chi connectivity index (χ0n) is 14.3. The van der Waals surface area contributed by atoms with Gasteiger partial charge in [-0.15, -0.1) is 0 Å². The van der Waals surface area contributed by atoms with Crippen molar-refractivity contribution in [3.63, 3.8) is 0 Å². The first-order valence-electron chi connectivity index (χ1n) is 8.57. The summed E-state index contributed by atoms with van der Waals surface area (Å²) in [5.74, 6) is 0.816. The summed E-state index contributed by atoms with van der Waals surface area (Å²) in [5.41, 5.74) is 1.36. The average Bonchev–Trinajstić information content (AvgIpc) is 2.64. The van der Waals surface area contributed by atoms with Gasteiger partial charge in [0.1, 0.15) is 5.75 Å². The van der Waals surface area contributed by atoms with E-state index in [1.165, 1.54) is 5.56 Å². The molecule has 0 aliphatic heterocycles. The van der Waals surface area contributed by atoms with Gasteiger partial charge >= 0.3 is 0 Å². The van der Waals surface area contributed by atoms with Crippen LogP contribution in [-0.4, -0.2) is 12.9 Å². The number of ether oxygens (including phenoxy) is 2. The van der Waals surface area contributed by atoms with Crippen LogP contribution >= 0.6 is 0 Å². The fraction of sp³-hybridized carbons (Fsp3) is 0.273. The third-order valence-electron chi connectivity index (χ3n) is 3.49. The van der Waals surface area contributed by atoms with E-state index in [2.05, 4.69) is 49.4 Å². The number of aryl methyl sites for hydroxylation is 1. The highest BCUT2D eigenvalue weighted by Gasteiger charge is 2.05.